The quantitative estimate of drug-likeness (QED) is 0.155. The van der Waals surface area contributed by atoms with Gasteiger partial charge in [-0.1, -0.05) is 13.8 Å². The van der Waals surface area contributed by atoms with Gasteiger partial charge < -0.3 is 63.8 Å². The summed E-state index contributed by atoms with van der Waals surface area (Å²) in [7, 11) is 0. The number of aliphatic hydroxyl groups excluding tert-OH is 5. The summed E-state index contributed by atoms with van der Waals surface area (Å²) in [5.74, 6) is -0.338. The van der Waals surface area contributed by atoms with Gasteiger partial charge in [-0.05, 0) is 102 Å². The molecule has 3 saturated heterocycles. The average molecular weight is 771 g/mol. The van der Waals surface area contributed by atoms with E-state index in [0.717, 1.165) is 32.1 Å². The molecule has 0 radical (unpaired) electrons. The van der Waals surface area contributed by atoms with Crippen LogP contribution in [0.15, 0.2) is 0 Å². The summed E-state index contributed by atoms with van der Waals surface area (Å²) in [6, 6.07) is 0. The lowest BCUT2D eigenvalue weighted by Crippen LogP contribution is -2.67. The average Bonchev–Trinajstić information content (AvgIpc) is 3.40. The lowest BCUT2D eigenvalue weighted by molar-refractivity contribution is -0.336. The van der Waals surface area contributed by atoms with Crippen LogP contribution in [-0.2, 0) is 38.0 Å². The summed E-state index contributed by atoms with van der Waals surface area (Å²) < 4.78 is 42.2. The van der Waals surface area contributed by atoms with Gasteiger partial charge in [-0.15, -0.1) is 0 Å². The molecule has 0 aromatic heterocycles. The van der Waals surface area contributed by atoms with Crippen molar-refractivity contribution in [2.75, 3.05) is 6.61 Å². The largest absolute Gasteiger partial charge is 0.466 e. The maximum absolute atomic E-state index is 13.0. The number of aliphatic hydroxyl groups is 6. The third-order valence-corrected chi connectivity index (χ3v) is 15.4. The van der Waals surface area contributed by atoms with Gasteiger partial charge in [0, 0.05) is 24.7 Å². The van der Waals surface area contributed by atoms with Crippen molar-refractivity contribution in [3.63, 3.8) is 0 Å². The second kappa shape index (κ2) is 15.6. The van der Waals surface area contributed by atoms with Crippen LogP contribution in [0.2, 0.25) is 0 Å². The highest BCUT2D eigenvalue weighted by atomic mass is 16.7. The molecule has 0 bridgehead atoms. The molecule has 14 heteroatoms. The molecule has 4 aliphatic carbocycles. The fourth-order valence-corrected chi connectivity index (χ4v) is 12.2. The summed E-state index contributed by atoms with van der Waals surface area (Å²) in [5, 5.41) is 66.5. The molecular weight excluding hydrogens is 704 g/mol. The Bertz CT molecular complexity index is 1280. The molecule has 14 nitrogen and oxygen atoms in total. The minimum absolute atomic E-state index is 0.00745. The summed E-state index contributed by atoms with van der Waals surface area (Å²) >= 11 is 0. The van der Waals surface area contributed by atoms with E-state index in [4.69, 9.17) is 33.2 Å². The summed E-state index contributed by atoms with van der Waals surface area (Å²) in [5.41, 5.74) is -2.14. The van der Waals surface area contributed by atoms with Gasteiger partial charge in [0.2, 0.25) is 0 Å². The third kappa shape index (κ3) is 7.10. The molecule has 7 aliphatic rings. The molecule has 3 unspecified atom stereocenters. The number of esters is 1. The smallest absolute Gasteiger partial charge is 0.309 e. The van der Waals surface area contributed by atoms with E-state index in [1.54, 1.807) is 20.8 Å². The van der Waals surface area contributed by atoms with Crippen LogP contribution in [0.3, 0.4) is 0 Å². The minimum Gasteiger partial charge on any atom is -0.466 e. The van der Waals surface area contributed by atoms with Crippen molar-refractivity contribution in [1.29, 1.82) is 0 Å². The first-order valence-electron chi connectivity index (χ1n) is 20.7. The Balaban J connectivity index is 0.909. The molecule has 3 aliphatic heterocycles. The summed E-state index contributed by atoms with van der Waals surface area (Å²) in [4.78, 5) is 13.0. The highest BCUT2D eigenvalue weighted by Crippen LogP contribution is 2.69. The van der Waals surface area contributed by atoms with Gasteiger partial charge in [0.25, 0.3) is 0 Å². The molecular formula is C40H66O14. The molecule has 6 N–H and O–H groups in total. The molecule has 7 rings (SSSR count). The van der Waals surface area contributed by atoms with Crippen LogP contribution in [0.4, 0.5) is 0 Å². The summed E-state index contributed by atoms with van der Waals surface area (Å²) in [6.45, 7) is 11.5. The maximum atomic E-state index is 13.0. The van der Waals surface area contributed by atoms with E-state index in [0.29, 0.717) is 25.2 Å². The third-order valence-electron chi connectivity index (χ3n) is 15.4. The van der Waals surface area contributed by atoms with Crippen molar-refractivity contribution in [3.05, 3.63) is 0 Å². The predicted octanol–water partition coefficient (Wildman–Crippen LogP) is 2.30. The van der Waals surface area contributed by atoms with Gasteiger partial charge in [0.15, 0.2) is 18.9 Å². The fraction of sp³-hybridized carbons (Fsp3) is 0.975. The number of hydrogen-bond acceptors (Lipinski definition) is 14. The first kappa shape index (κ1) is 41.2. The molecule has 0 spiro atoms. The number of rotatable bonds is 8. The van der Waals surface area contributed by atoms with Gasteiger partial charge in [0.1, 0.15) is 18.3 Å². The Labute approximate surface area is 319 Å². The Morgan fingerprint density at radius 2 is 1.26 bits per heavy atom. The van der Waals surface area contributed by atoms with Crippen molar-refractivity contribution >= 4 is 5.97 Å². The monoisotopic (exact) mass is 770 g/mol. The molecule has 54 heavy (non-hydrogen) atoms. The van der Waals surface area contributed by atoms with Crippen LogP contribution in [0.5, 0.6) is 0 Å². The zero-order chi connectivity index (χ0) is 38.9. The zero-order valence-corrected chi connectivity index (χ0v) is 32.8. The topological polar surface area (TPSA) is 203 Å². The molecule has 7 fully saturated rings. The van der Waals surface area contributed by atoms with Crippen molar-refractivity contribution in [2.24, 2.45) is 34.5 Å². The molecule has 0 aromatic carbocycles. The van der Waals surface area contributed by atoms with Crippen molar-refractivity contribution in [2.45, 2.75) is 204 Å². The van der Waals surface area contributed by atoms with Gasteiger partial charge in [-0.2, -0.15) is 0 Å². The van der Waals surface area contributed by atoms with Gasteiger partial charge in [-0.25, -0.2) is 0 Å². The number of fused-ring (bicyclic) bond motifs is 5. The lowest BCUT2D eigenvalue weighted by atomic mass is 9.42. The zero-order valence-electron chi connectivity index (χ0n) is 32.8. The van der Waals surface area contributed by atoms with E-state index < -0.39 is 96.8 Å². The van der Waals surface area contributed by atoms with Crippen molar-refractivity contribution in [1.82, 2.24) is 0 Å². The normalized spacial score (nSPS) is 55.0. The number of ether oxygens (including phenoxy) is 7. The highest BCUT2D eigenvalue weighted by molar-refractivity contribution is 5.74. The van der Waals surface area contributed by atoms with Crippen LogP contribution in [0.1, 0.15) is 112 Å². The van der Waals surface area contributed by atoms with Crippen LogP contribution in [-0.4, -0.2) is 135 Å². The second-order valence-corrected chi connectivity index (χ2v) is 18.2. The highest BCUT2D eigenvalue weighted by Gasteiger charge is 2.71. The van der Waals surface area contributed by atoms with Crippen LogP contribution >= 0.6 is 0 Å². The lowest BCUT2D eigenvalue weighted by Gasteiger charge is -2.64. The Morgan fingerprint density at radius 1 is 0.685 bits per heavy atom. The Morgan fingerprint density at radius 3 is 1.83 bits per heavy atom. The van der Waals surface area contributed by atoms with E-state index in [1.807, 2.05) is 13.8 Å². The van der Waals surface area contributed by atoms with Gasteiger partial charge >= 0.3 is 5.97 Å². The molecule has 0 amide bonds. The number of carbonyl (C=O) groups is 1. The second-order valence-electron chi connectivity index (χ2n) is 18.2. The van der Waals surface area contributed by atoms with E-state index in [2.05, 4.69) is 6.92 Å². The molecule has 3 heterocycles. The predicted molar refractivity (Wildman–Crippen MR) is 190 cm³/mol. The fourth-order valence-electron chi connectivity index (χ4n) is 12.2. The standard InChI is InChI=1S/C40H66O14/c1-7-48-37(46)25-11-13-40(47)24-9-8-22-14-23(10-12-38(22,5)26(24)15-30(44)39(25,40)6)52-31-17-28(42)35(20(3)50-31)54-33-18-29(43)36(21(4)51-33)53-32-16-27(41)34(45)19(2)49-32/h19-36,41-45,47H,7-18H2,1-6H3/t19-,20-,21-,22-,23+,24-,25-,26+,27+,28+,29+,30-,31?,32?,33?,34-,35-,36-,38+,39+,40+/m1/s1. The van der Waals surface area contributed by atoms with E-state index >= 15 is 0 Å². The summed E-state index contributed by atoms with van der Waals surface area (Å²) in [6.07, 6.45) is -3.79. The van der Waals surface area contributed by atoms with Crippen LogP contribution in [0, 0.1) is 34.5 Å². The van der Waals surface area contributed by atoms with Crippen LogP contribution in [0.25, 0.3) is 0 Å². The molecule has 310 valence electrons. The molecule has 4 saturated carbocycles. The van der Waals surface area contributed by atoms with E-state index in [1.165, 1.54) is 0 Å². The van der Waals surface area contributed by atoms with Crippen molar-refractivity contribution in [3.8, 4) is 0 Å². The SMILES string of the molecule is CCOC(=O)[C@H]1CC[C@]2(O)[C@@H]3CC[C@@H]4C[C@@H](OC5C[C@H](O)[C@H](OC6C[C@H](O)[C@H](OC7C[C@H](O)[C@H](O)[C@@H](C)O7)[C@@H](C)O6)[C@@H](C)O5)CC[C@]4(C)[C@H]3C[C@@H](O)[C@]12C. The first-order chi connectivity index (χ1) is 25.5. The van der Waals surface area contributed by atoms with Crippen molar-refractivity contribution < 1.29 is 68.6 Å². The van der Waals surface area contributed by atoms with E-state index in [-0.39, 0.29) is 55.2 Å². The van der Waals surface area contributed by atoms with Gasteiger partial charge in [0.05, 0.1) is 67.0 Å². The van der Waals surface area contributed by atoms with Gasteiger partial charge in [-0.3, -0.25) is 4.79 Å². The Hall–Kier alpha value is -1.01. The number of hydrogen-bond donors (Lipinski definition) is 6. The maximum Gasteiger partial charge on any atom is 0.309 e. The van der Waals surface area contributed by atoms with E-state index in [9.17, 15) is 35.4 Å². The minimum atomic E-state index is -1.12. The molecule has 21 atom stereocenters. The Kier molecular flexibility index (Phi) is 11.9. The number of carbonyl (C=O) groups excluding carboxylic acids is 1. The molecule has 0 aromatic rings. The first-order valence-corrected chi connectivity index (χ1v) is 20.7. The van der Waals surface area contributed by atoms with Crippen LogP contribution < -0.4 is 0 Å².